The third-order valence-corrected chi connectivity index (χ3v) is 6.36. The van der Waals surface area contributed by atoms with Gasteiger partial charge < -0.3 is 9.64 Å². The van der Waals surface area contributed by atoms with Crippen LogP contribution in [-0.4, -0.2) is 45.4 Å². The van der Waals surface area contributed by atoms with Crippen molar-refractivity contribution in [3.63, 3.8) is 0 Å². The van der Waals surface area contributed by atoms with E-state index in [1.54, 1.807) is 25.3 Å². The van der Waals surface area contributed by atoms with Gasteiger partial charge in [0.25, 0.3) is 0 Å². The highest BCUT2D eigenvalue weighted by Gasteiger charge is 2.17. The first kappa shape index (κ1) is 23.9. The van der Waals surface area contributed by atoms with Gasteiger partial charge in [-0.2, -0.15) is 0 Å². The average Bonchev–Trinajstić information content (AvgIpc) is 3.35. The van der Waals surface area contributed by atoms with E-state index in [1.165, 1.54) is 17.3 Å². The lowest BCUT2D eigenvalue weighted by Crippen LogP contribution is -2.33. The van der Waals surface area contributed by atoms with E-state index in [2.05, 4.69) is 27.3 Å². The number of methoxy groups -OCH3 is 1. The Morgan fingerprint density at radius 3 is 2.44 bits per heavy atom. The summed E-state index contributed by atoms with van der Waals surface area (Å²) in [4.78, 5) is 19.6. The lowest BCUT2D eigenvalue weighted by atomic mass is 10.1. The molecule has 0 fully saturated rings. The summed E-state index contributed by atoms with van der Waals surface area (Å²) in [7, 11) is 1.59. The summed E-state index contributed by atoms with van der Waals surface area (Å²) in [5.74, 6) is 1.46. The molecule has 1 aromatic heterocycles. The number of benzene rings is 3. The number of halogens is 1. The van der Waals surface area contributed by atoms with Crippen LogP contribution in [0.1, 0.15) is 11.1 Å². The van der Waals surface area contributed by atoms with Gasteiger partial charge in [0.15, 0.2) is 5.82 Å². The molecule has 3 aromatic carbocycles. The molecule has 1 N–H and O–H groups in total. The number of carbonyl (C=O) groups excluding carboxylic acids is 1. The number of rotatable bonds is 10. The number of hydrogen-bond acceptors (Lipinski definition) is 5. The molecule has 0 aliphatic heterocycles. The van der Waals surface area contributed by atoms with Crippen LogP contribution in [0.15, 0.2) is 84.0 Å². The zero-order valence-corrected chi connectivity index (χ0v) is 20.4. The standard InChI is InChI=1S/C26H25ClN4O2S/c1-33-23-13-12-21(27)16-22(23)25-28-26(30-29-25)34-18-24(32)31(17-20-10-6-3-7-11-20)15-14-19-8-4-2-5-9-19/h2-13,16H,14-15,17-18H2,1H3,(H,28,29,30). The molecule has 0 saturated heterocycles. The van der Waals surface area contributed by atoms with E-state index in [4.69, 9.17) is 16.3 Å². The number of aromatic amines is 1. The minimum absolute atomic E-state index is 0.0384. The molecule has 1 heterocycles. The summed E-state index contributed by atoms with van der Waals surface area (Å²) in [6, 6.07) is 25.5. The van der Waals surface area contributed by atoms with Gasteiger partial charge in [-0.25, -0.2) is 4.98 Å². The zero-order valence-electron chi connectivity index (χ0n) is 18.8. The lowest BCUT2D eigenvalue weighted by molar-refractivity contribution is -0.128. The van der Waals surface area contributed by atoms with Crippen molar-refractivity contribution < 1.29 is 9.53 Å². The van der Waals surface area contributed by atoms with Crippen molar-refractivity contribution >= 4 is 29.3 Å². The Hall–Kier alpha value is -3.29. The Morgan fingerprint density at radius 1 is 1.03 bits per heavy atom. The predicted molar refractivity (Wildman–Crippen MR) is 136 cm³/mol. The average molecular weight is 493 g/mol. The van der Waals surface area contributed by atoms with Crippen LogP contribution in [-0.2, 0) is 17.8 Å². The van der Waals surface area contributed by atoms with Crippen LogP contribution in [0, 0.1) is 0 Å². The molecule has 0 aliphatic rings. The van der Waals surface area contributed by atoms with Crippen LogP contribution < -0.4 is 4.74 Å². The lowest BCUT2D eigenvalue weighted by Gasteiger charge is -2.23. The summed E-state index contributed by atoms with van der Waals surface area (Å²) in [6.07, 6.45) is 0.795. The molecule has 6 nitrogen and oxygen atoms in total. The molecule has 0 atom stereocenters. The molecule has 174 valence electrons. The smallest absolute Gasteiger partial charge is 0.233 e. The molecule has 1 amide bonds. The number of ether oxygens (including phenoxy) is 1. The van der Waals surface area contributed by atoms with Crippen molar-refractivity contribution in [3.8, 4) is 17.1 Å². The maximum Gasteiger partial charge on any atom is 0.233 e. The number of aromatic nitrogens is 3. The minimum atomic E-state index is 0.0384. The van der Waals surface area contributed by atoms with Gasteiger partial charge in [0.1, 0.15) is 5.75 Å². The molecule has 0 spiro atoms. The largest absolute Gasteiger partial charge is 0.496 e. The molecule has 34 heavy (non-hydrogen) atoms. The van der Waals surface area contributed by atoms with Crippen molar-refractivity contribution in [3.05, 3.63) is 95.0 Å². The van der Waals surface area contributed by atoms with Gasteiger partial charge in [0.05, 0.1) is 18.4 Å². The fourth-order valence-electron chi connectivity index (χ4n) is 3.52. The molecular formula is C26H25ClN4O2S. The van der Waals surface area contributed by atoms with E-state index in [-0.39, 0.29) is 11.7 Å². The van der Waals surface area contributed by atoms with E-state index in [9.17, 15) is 4.79 Å². The fraction of sp³-hybridized carbons (Fsp3) is 0.192. The van der Waals surface area contributed by atoms with Crippen molar-refractivity contribution in [1.82, 2.24) is 20.1 Å². The van der Waals surface area contributed by atoms with E-state index >= 15 is 0 Å². The highest BCUT2D eigenvalue weighted by Crippen LogP contribution is 2.31. The maximum atomic E-state index is 13.2. The summed E-state index contributed by atoms with van der Waals surface area (Å²) >= 11 is 7.44. The van der Waals surface area contributed by atoms with Crippen molar-refractivity contribution in [1.29, 1.82) is 0 Å². The molecule has 4 aromatic rings. The Morgan fingerprint density at radius 2 is 1.74 bits per heavy atom. The second-order valence-electron chi connectivity index (χ2n) is 7.64. The molecule has 0 radical (unpaired) electrons. The highest BCUT2D eigenvalue weighted by atomic mass is 35.5. The number of carbonyl (C=O) groups is 1. The van der Waals surface area contributed by atoms with E-state index in [1.807, 2.05) is 53.4 Å². The van der Waals surface area contributed by atoms with Crippen LogP contribution in [0.5, 0.6) is 5.75 Å². The first-order valence-electron chi connectivity index (χ1n) is 10.9. The van der Waals surface area contributed by atoms with Gasteiger partial charge in [-0.3, -0.25) is 9.89 Å². The molecular weight excluding hydrogens is 468 g/mol. The first-order valence-corrected chi connectivity index (χ1v) is 12.2. The third-order valence-electron chi connectivity index (χ3n) is 5.29. The van der Waals surface area contributed by atoms with Crippen molar-refractivity contribution in [2.75, 3.05) is 19.4 Å². The summed E-state index contributed by atoms with van der Waals surface area (Å²) in [6.45, 7) is 1.20. The van der Waals surface area contributed by atoms with Gasteiger partial charge in [0.2, 0.25) is 11.1 Å². The van der Waals surface area contributed by atoms with Crippen LogP contribution >= 0.6 is 23.4 Å². The Kier molecular flexibility index (Phi) is 8.22. The summed E-state index contributed by atoms with van der Waals surface area (Å²) in [5.41, 5.74) is 3.02. The number of amides is 1. The van der Waals surface area contributed by atoms with Crippen molar-refractivity contribution in [2.24, 2.45) is 0 Å². The normalized spacial score (nSPS) is 10.8. The number of hydrogen-bond donors (Lipinski definition) is 1. The van der Waals surface area contributed by atoms with Crippen molar-refractivity contribution in [2.45, 2.75) is 18.1 Å². The first-order chi connectivity index (χ1) is 16.6. The number of thioether (sulfide) groups is 1. The van der Waals surface area contributed by atoms with Crippen LogP contribution in [0.3, 0.4) is 0 Å². The number of H-pyrrole nitrogens is 1. The second kappa shape index (κ2) is 11.7. The van der Waals surface area contributed by atoms with E-state index in [0.717, 1.165) is 12.0 Å². The molecule has 8 heteroatoms. The van der Waals surface area contributed by atoms with E-state index < -0.39 is 0 Å². The van der Waals surface area contributed by atoms with Crippen LogP contribution in [0.2, 0.25) is 5.02 Å². The minimum Gasteiger partial charge on any atom is -0.496 e. The topological polar surface area (TPSA) is 71.1 Å². The molecule has 0 aliphatic carbocycles. The Bertz CT molecular complexity index is 1220. The Labute approximate surface area is 208 Å². The third kappa shape index (κ3) is 6.40. The van der Waals surface area contributed by atoms with Gasteiger partial charge >= 0.3 is 0 Å². The maximum absolute atomic E-state index is 13.2. The number of nitrogens with zero attached hydrogens (tertiary/aromatic N) is 3. The molecule has 0 saturated carbocycles. The van der Waals surface area contributed by atoms with Gasteiger partial charge in [-0.1, -0.05) is 84.0 Å². The van der Waals surface area contributed by atoms with Crippen LogP contribution in [0.4, 0.5) is 0 Å². The monoisotopic (exact) mass is 492 g/mol. The van der Waals surface area contributed by atoms with Crippen LogP contribution in [0.25, 0.3) is 11.4 Å². The Balaban J connectivity index is 1.42. The number of nitrogens with one attached hydrogen (secondary N) is 1. The second-order valence-corrected chi connectivity index (χ2v) is 9.02. The summed E-state index contributed by atoms with van der Waals surface area (Å²) in [5, 5.41) is 8.25. The van der Waals surface area contributed by atoms with E-state index in [0.29, 0.717) is 40.4 Å². The molecule has 4 rings (SSSR count). The molecule has 0 bridgehead atoms. The molecule has 0 unspecified atom stereocenters. The fourth-order valence-corrected chi connectivity index (χ4v) is 4.39. The quantitative estimate of drug-likeness (QED) is 0.296. The van der Waals surface area contributed by atoms with Gasteiger partial charge in [-0.15, -0.1) is 5.10 Å². The van der Waals surface area contributed by atoms with Gasteiger partial charge in [0, 0.05) is 18.1 Å². The highest BCUT2D eigenvalue weighted by molar-refractivity contribution is 7.99. The predicted octanol–water partition coefficient (Wildman–Crippen LogP) is 5.50. The summed E-state index contributed by atoms with van der Waals surface area (Å²) < 4.78 is 5.40. The SMILES string of the molecule is COc1ccc(Cl)cc1-c1nc(SCC(=O)N(CCc2ccccc2)Cc2ccccc2)n[nH]1. The zero-order chi connectivity index (χ0) is 23.8. The van der Waals surface area contributed by atoms with Gasteiger partial charge in [-0.05, 0) is 35.7 Å².